The van der Waals surface area contributed by atoms with Crippen LogP contribution in [-0.2, 0) is 11.3 Å². The van der Waals surface area contributed by atoms with E-state index in [9.17, 15) is 0 Å². The summed E-state index contributed by atoms with van der Waals surface area (Å²) < 4.78 is 11.5. The van der Waals surface area contributed by atoms with Gasteiger partial charge in [0.05, 0.1) is 0 Å². The molecule has 3 nitrogen and oxygen atoms in total. The van der Waals surface area contributed by atoms with Crippen LogP contribution >= 0.6 is 0 Å². The van der Waals surface area contributed by atoms with E-state index in [4.69, 9.17) is 9.47 Å². The van der Waals surface area contributed by atoms with Crippen LogP contribution in [0.2, 0.25) is 0 Å². The van der Waals surface area contributed by atoms with Crippen LogP contribution in [0.1, 0.15) is 22.8 Å². The number of ether oxygens (including phenoxy) is 2. The van der Waals surface area contributed by atoms with Gasteiger partial charge in [0.1, 0.15) is 18.5 Å². The van der Waals surface area contributed by atoms with Crippen molar-refractivity contribution in [3.63, 3.8) is 0 Å². The van der Waals surface area contributed by atoms with Crippen LogP contribution in [0.5, 0.6) is 5.75 Å². The average molecular weight is 297 g/mol. The molecule has 0 spiro atoms. The molecule has 0 bridgehead atoms. The van der Waals surface area contributed by atoms with E-state index in [-0.39, 0.29) is 6.10 Å². The highest BCUT2D eigenvalue weighted by Gasteiger charge is 2.17. The maximum Gasteiger partial charge on any atom is 0.121 e. The van der Waals surface area contributed by atoms with Crippen LogP contribution in [0, 0.1) is 6.92 Å². The number of methoxy groups -OCH3 is 1. The van der Waals surface area contributed by atoms with Gasteiger partial charge in [0, 0.05) is 19.9 Å². The Morgan fingerprint density at radius 1 is 1.18 bits per heavy atom. The molecule has 1 unspecified atom stereocenters. The van der Waals surface area contributed by atoms with Gasteiger partial charge in [0.15, 0.2) is 0 Å². The van der Waals surface area contributed by atoms with Crippen molar-refractivity contribution >= 4 is 0 Å². The minimum absolute atomic E-state index is 0.192. The molecule has 1 N–H and O–H groups in total. The third-order valence-corrected chi connectivity index (χ3v) is 3.59. The quantitative estimate of drug-likeness (QED) is 0.838. The Morgan fingerprint density at radius 3 is 2.64 bits per heavy atom. The number of aryl methyl sites for hydroxylation is 1. The van der Waals surface area contributed by atoms with E-state index in [1.165, 1.54) is 5.56 Å². The molecule has 0 aliphatic carbocycles. The van der Waals surface area contributed by atoms with Crippen molar-refractivity contribution < 1.29 is 9.47 Å². The molecule has 0 aliphatic heterocycles. The van der Waals surface area contributed by atoms with Crippen molar-refractivity contribution in [3.05, 3.63) is 77.5 Å². The van der Waals surface area contributed by atoms with Gasteiger partial charge in [-0.3, -0.25) is 0 Å². The third-order valence-electron chi connectivity index (χ3n) is 3.59. The molecule has 2 aromatic rings. The molecule has 0 fully saturated rings. The number of nitrogens with one attached hydrogen (secondary N) is 1. The Hall–Kier alpha value is -2.26. The summed E-state index contributed by atoms with van der Waals surface area (Å²) >= 11 is 0. The highest BCUT2D eigenvalue weighted by atomic mass is 16.5. The first-order valence-electron chi connectivity index (χ1n) is 7.32. The predicted octanol–water partition coefficient (Wildman–Crippen LogP) is 3.99. The molecule has 0 aromatic heterocycles. The summed E-state index contributed by atoms with van der Waals surface area (Å²) in [5.41, 5.74) is 4.17. The Kier molecular flexibility index (Phi) is 5.61. The topological polar surface area (TPSA) is 30.5 Å². The zero-order valence-corrected chi connectivity index (χ0v) is 13.4. The summed E-state index contributed by atoms with van der Waals surface area (Å²) in [6.07, 6.45) is -0.192. The molecular weight excluding hydrogens is 274 g/mol. The normalized spacial score (nSPS) is 11.8. The van der Waals surface area contributed by atoms with Crippen molar-refractivity contribution in [2.45, 2.75) is 19.6 Å². The van der Waals surface area contributed by atoms with E-state index < -0.39 is 0 Å². The van der Waals surface area contributed by atoms with Crippen molar-refractivity contribution in [1.82, 2.24) is 5.32 Å². The van der Waals surface area contributed by atoms with Gasteiger partial charge in [0.2, 0.25) is 0 Å². The average Bonchev–Trinajstić information content (AvgIpc) is 2.54. The summed E-state index contributed by atoms with van der Waals surface area (Å²) in [6.45, 7) is 6.57. The van der Waals surface area contributed by atoms with E-state index in [0.717, 1.165) is 22.6 Å². The van der Waals surface area contributed by atoms with Gasteiger partial charge >= 0.3 is 0 Å². The van der Waals surface area contributed by atoms with Crippen molar-refractivity contribution in [2.75, 3.05) is 14.2 Å². The second-order valence-electron chi connectivity index (χ2n) is 5.19. The van der Waals surface area contributed by atoms with Gasteiger partial charge in [-0.05, 0) is 35.7 Å². The summed E-state index contributed by atoms with van der Waals surface area (Å²) in [5, 5.41) is 3.06. The second-order valence-corrected chi connectivity index (χ2v) is 5.19. The first-order valence-corrected chi connectivity index (χ1v) is 7.32. The van der Waals surface area contributed by atoms with E-state index >= 15 is 0 Å². The number of rotatable bonds is 7. The molecule has 0 aliphatic rings. The fourth-order valence-corrected chi connectivity index (χ4v) is 2.38. The standard InChI is InChI=1S/C19H23NO2/c1-14-8-7-10-17(12-14)22-13-16-9-5-6-11-18(16)19(21-4)15(2)20-3/h5-12,19-20H,2,13H2,1,3-4H3. The van der Waals surface area contributed by atoms with E-state index in [2.05, 4.69) is 31.0 Å². The Morgan fingerprint density at radius 2 is 1.95 bits per heavy atom. The molecule has 3 heteroatoms. The Labute approximate surface area is 132 Å². The molecule has 22 heavy (non-hydrogen) atoms. The van der Waals surface area contributed by atoms with Gasteiger partial charge in [-0.2, -0.15) is 0 Å². The summed E-state index contributed by atoms with van der Waals surface area (Å²) in [6, 6.07) is 16.2. The first-order chi connectivity index (χ1) is 10.7. The Bertz CT molecular complexity index is 637. The molecule has 0 amide bonds. The second kappa shape index (κ2) is 7.66. The zero-order chi connectivity index (χ0) is 15.9. The van der Waals surface area contributed by atoms with E-state index in [1.807, 2.05) is 43.4 Å². The molecule has 0 heterocycles. The van der Waals surface area contributed by atoms with Gasteiger partial charge in [-0.25, -0.2) is 0 Å². The SMILES string of the molecule is C=C(NC)C(OC)c1ccccc1COc1cccc(C)c1. The molecule has 116 valence electrons. The lowest BCUT2D eigenvalue weighted by Crippen LogP contribution is -2.17. The highest BCUT2D eigenvalue weighted by molar-refractivity contribution is 5.34. The summed E-state index contributed by atoms with van der Waals surface area (Å²) in [7, 11) is 3.53. The molecule has 1 atom stereocenters. The van der Waals surface area contributed by atoms with Crippen LogP contribution in [0.4, 0.5) is 0 Å². The van der Waals surface area contributed by atoms with Gasteiger partial charge in [-0.15, -0.1) is 0 Å². The summed E-state index contributed by atoms with van der Waals surface area (Å²) in [4.78, 5) is 0. The lowest BCUT2D eigenvalue weighted by atomic mass is 10.0. The number of likely N-dealkylation sites (N-methyl/N-ethyl adjacent to an activating group) is 1. The van der Waals surface area contributed by atoms with Crippen LogP contribution < -0.4 is 10.1 Å². The lowest BCUT2D eigenvalue weighted by molar-refractivity contribution is 0.126. The van der Waals surface area contributed by atoms with Gasteiger partial charge < -0.3 is 14.8 Å². The first kappa shape index (κ1) is 16.1. The van der Waals surface area contributed by atoms with Crippen LogP contribution in [-0.4, -0.2) is 14.2 Å². The van der Waals surface area contributed by atoms with Crippen LogP contribution in [0.15, 0.2) is 60.8 Å². The molecular formula is C19H23NO2. The fourth-order valence-electron chi connectivity index (χ4n) is 2.38. The van der Waals surface area contributed by atoms with Gasteiger partial charge in [0.25, 0.3) is 0 Å². The molecule has 2 rings (SSSR count). The number of benzene rings is 2. The van der Waals surface area contributed by atoms with Crippen LogP contribution in [0.3, 0.4) is 0 Å². The zero-order valence-electron chi connectivity index (χ0n) is 13.4. The highest BCUT2D eigenvalue weighted by Crippen LogP contribution is 2.26. The largest absolute Gasteiger partial charge is 0.489 e. The molecule has 0 saturated heterocycles. The smallest absolute Gasteiger partial charge is 0.121 e. The lowest BCUT2D eigenvalue weighted by Gasteiger charge is -2.21. The number of hydrogen-bond donors (Lipinski definition) is 1. The molecule has 2 aromatic carbocycles. The number of hydrogen-bond acceptors (Lipinski definition) is 3. The van der Waals surface area contributed by atoms with Crippen molar-refractivity contribution in [2.24, 2.45) is 0 Å². The summed E-state index contributed by atoms with van der Waals surface area (Å²) in [5.74, 6) is 0.871. The Balaban J connectivity index is 2.19. The fraction of sp³-hybridized carbons (Fsp3) is 0.263. The van der Waals surface area contributed by atoms with E-state index in [0.29, 0.717) is 6.61 Å². The van der Waals surface area contributed by atoms with Gasteiger partial charge in [-0.1, -0.05) is 43.0 Å². The molecule has 0 radical (unpaired) electrons. The van der Waals surface area contributed by atoms with Crippen molar-refractivity contribution in [1.29, 1.82) is 0 Å². The van der Waals surface area contributed by atoms with Crippen molar-refractivity contribution in [3.8, 4) is 5.75 Å². The predicted molar refractivity (Wildman–Crippen MR) is 89.9 cm³/mol. The molecule has 0 saturated carbocycles. The van der Waals surface area contributed by atoms with Crippen LogP contribution in [0.25, 0.3) is 0 Å². The third kappa shape index (κ3) is 3.89. The minimum Gasteiger partial charge on any atom is -0.489 e. The van der Waals surface area contributed by atoms with E-state index in [1.54, 1.807) is 7.11 Å². The minimum atomic E-state index is -0.192. The maximum atomic E-state index is 5.92. The maximum absolute atomic E-state index is 5.92. The monoisotopic (exact) mass is 297 g/mol.